The number of nitrogens with zero attached hydrogens (tertiary/aromatic N) is 1. The lowest BCUT2D eigenvalue weighted by atomic mass is 10.2. The predicted molar refractivity (Wildman–Crippen MR) is 38.6 cm³/mol. The molecule has 0 radical (unpaired) electrons. The van der Waals surface area contributed by atoms with E-state index in [-0.39, 0.29) is 0 Å². The van der Waals surface area contributed by atoms with E-state index < -0.39 is 0 Å². The Hall–Kier alpha value is -1.43. The zero-order valence-corrected chi connectivity index (χ0v) is 5.59. The van der Waals surface area contributed by atoms with E-state index in [2.05, 4.69) is 5.32 Å². The van der Waals surface area contributed by atoms with Crippen LogP contribution in [0.25, 0.3) is 0 Å². The molecule has 3 nitrogen and oxygen atoms in total. The summed E-state index contributed by atoms with van der Waals surface area (Å²) in [5.74, 6) is 0. The fourth-order valence-corrected chi connectivity index (χ4v) is 0.810. The Bertz CT molecular complexity index is 219. The SMILES string of the molecule is N#CCC1=CC(N)=CCN1. The van der Waals surface area contributed by atoms with E-state index in [0.717, 1.165) is 17.9 Å². The maximum atomic E-state index is 8.31. The number of nitrogens with one attached hydrogen (secondary N) is 1. The molecule has 52 valence electrons. The van der Waals surface area contributed by atoms with E-state index in [1.165, 1.54) is 0 Å². The normalized spacial score (nSPS) is 16.3. The average Bonchev–Trinajstić information content (AvgIpc) is 1.88. The van der Waals surface area contributed by atoms with Gasteiger partial charge in [0.05, 0.1) is 12.5 Å². The number of nitriles is 1. The minimum absolute atomic E-state index is 0.411. The van der Waals surface area contributed by atoms with E-state index in [1.807, 2.05) is 12.1 Å². The van der Waals surface area contributed by atoms with Gasteiger partial charge in [0.15, 0.2) is 0 Å². The van der Waals surface area contributed by atoms with Gasteiger partial charge in [-0.3, -0.25) is 0 Å². The van der Waals surface area contributed by atoms with Gasteiger partial charge < -0.3 is 11.1 Å². The number of nitrogens with two attached hydrogens (primary N) is 1. The van der Waals surface area contributed by atoms with Crippen LogP contribution < -0.4 is 11.1 Å². The van der Waals surface area contributed by atoms with Crippen LogP contribution in [0.5, 0.6) is 0 Å². The van der Waals surface area contributed by atoms with Crippen molar-refractivity contribution in [1.29, 1.82) is 5.26 Å². The summed E-state index contributed by atoms with van der Waals surface area (Å²) in [6.07, 6.45) is 4.07. The molecular weight excluding hydrogens is 126 g/mol. The molecule has 1 aliphatic heterocycles. The van der Waals surface area contributed by atoms with Crippen LogP contribution in [0.1, 0.15) is 6.42 Å². The van der Waals surface area contributed by atoms with Crippen LogP contribution in [0.15, 0.2) is 23.5 Å². The van der Waals surface area contributed by atoms with Crippen molar-refractivity contribution < 1.29 is 0 Å². The third-order valence-corrected chi connectivity index (χ3v) is 1.28. The molecule has 0 aromatic carbocycles. The van der Waals surface area contributed by atoms with Crippen LogP contribution in [-0.4, -0.2) is 6.54 Å². The van der Waals surface area contributed by atoms with Crippen molar-refractivity contribution in [2.75, 3.05) is 6.54 Å². The summed E-state index contributed by atoms with van der Waals surface area (Å²) in [7, 11) is 0. The fraction of sp³-hybridized carbons (Fsp3) is 0.286. The molecule has 0 aromatic rings. The van der Waals surface area contributed by atoms with Gasteiger partial charge in [-0.1, -0.05) is 0 Å². The third kappa shape index (κ3) is 1.52. The van der Waals surface area contributed by atoms with Crippen LogP contribution in [-0.2, 0) is 0 Å². The lowest BCUT2D eigenvalue weighted by Gasteiger charge is -2.10. The minimum atomic E-state index is 0.411. The highest BCUT2D eigenvalue weighted by Crippen LogP contribution is 2.02. The number of dihydropyridines is 1. The quantitative estimate of drug-likeness (QED) is 0.541. The summed E-state index contributed by atoms with van der Waals surface area (Å²) in [5.41, 5.74) is 7.14. The molecule has 0 fully saturated rings. The molecule has 0 aliphatic carbocycles. The van der Waals surface area contributed by atoms with E-state index in [1.54, 1.807) is 6.08 Å². The molecular formula is C7H9N3. The predicted octanol–water partition coefficient (Wildman–Crippen LogP) is 0.230. The topological polar surface area (TPSA) is 61.8 Å². The first-order valence-corrected chi connectivity index (χ1v) is 3.10. The lowest BCUT2D eigenvalue weighted by Crippen LogP contribution is -2.19. The van der Waals surface area contributed by atoms with Crippen LogP contribution in [0.4, 0.5) is 0 Å². The highest BCUT2D eigenvalue weighted by molar-refractivity contribution is 5.26. The van der Waals surface area contributed by atoms with Crippen molar-refractivity contribution in [2.45, 2.75) is 6.42 Å². The van der Waals surface area contributed by atoms with Gasteiger partial charge in [-0.05, 0) is 12.2 Å². The van der Waals surface area contributed by atoms with Crippen molar-refractivity contribution in [1.82, 2.24) is 5.32 Å². The van der Waals surface area contributed by atoms with Gasteiger partial charge in [0.2, 0.25) is 0 Å². The second kappa shape index (κ2) is 2.92. The van der Waals surface area contributed by atoms with Crippen molar-refractivity contribution in [3.05, 3.63) is 23.5 Å². The summed E-state index contributed by atoms with van der Waals surface area (Å²) < 4.78 is 0. The fourth-order valence-electron chi connectivity index (χ4n) is 0.810. The van der Waals surface area contributed by atoms with E-state index >= 15 is 0 Å². The van der Waals surface area contributed by atoms with Crippen molar-refractivity contribution >= 4 is 0 Å². The summed E-state index contributed by atoms with van der Waals surface area (Å²) in [5, 5.41) is 11.3. The molecule has 3 heteroatoms. The van der Waals surface area contributed by atoms with E-state index in [9.17, 15) is 0 Å². The highest BCUT2D eigenvalue weighted by atomic mass is 14.9. The van der Waals surface area contributed by atoms with E-state index in [4.69, 9.17) is 11.0 Å². The molecule has 1 aliphatic rings. The molecule has 3 N–H and O–H groups in total. The first-order valence-electron chi connectivity index (χ1n) is 3.10. The number of hydrogen-bond acceptors (Lipinski definition) is 3. The van der Waals surface area contributed by atoms with Gasteiger partial charge in [0.25, 0.3) is 0 Å². The monoisotopic (exact) mass is 135 g/mol. The Morgan fingerprint density at radius 1 is 1.80 bits per heavy atom. The molecule has 0 unspecified atom stereocenters. The molecule has 0 atom stereocenters. The third-order valence-electron chi connectivity index (χ3n) is 1.28. The maximum absolute atomic E-state index is 8.31. The molecule has 1 rings (SSSR count). The molecule has 1 heterocycles. The van der Waals surface area contributed by atoms with Crippen LogP contribution in [0.2, 0.25) is 0 Å². The highest BCUT2D eigenvalue weighted by Gasteiger charge is 1.99. The summed E-state index contributed by atoms with van der Waals surface area (Å²) in [4.78, 5) is 0. The number of rotatable bonds is 1. The van der Waals surface area contributed by atoms with Crippen molar-refractivity contribution in [2.24, 2.45) is 5.73 Å². The van der Waals surface area contributed by atoms with Crippen LogP contribution in [0.3, 0.4) is 0 Å². The number of allylic oxidation sites excluding steroid dienone is 2. The van der Waals surface area contributed by atoms with Crippen LogP contribution >= 0.6 is 0 Å². The summed E-state index contributed by atoms with van der Waals surface area (Å²) >= 11 is 0. The number of hydrogen-bond donors (Lipinski definition) is 2. The Morgan fingerprint density at radius 3 is 3.20 bits per heavy atom. The molecule has 0 bridgehead atoms. The van der Waals surface area contributed by atoms with Gasteiger partial charge in [0.1, 0.15) is 0 Å². The van der Waals surface area contributed by atoms with Gasteiger partial charge in [-0.25, -0.2) is 0 Å². The van der Waals surface area contributed by atoms with Gasteiger partial charge in [0, 0.05) is 17.9 Å². The Kier molecular flexibility index (Phi) is 1.96. The zero-order chi connectivity index (χ0) is 7.40. The maximum Gasteiger partial charge on any atom is 0.0750 e. The second-order valence-corrected chi connectivity index (χ2v) is 2.09. The van der Waals surface area contributed by atoms with Gasteiger partial charge in [-0.15, -0.1) is 0 Å². The average molecular weight is 135 g/mol. The molecule has 0 spiro atoms. The first kappa shape index (κ1) is 6.69. The largest absolute Gasteiger partial charge is 0.399 e. The molecule has 0 saturated heterocycles. The van der Waals surface area contributed by atoms with Gasteiger partial charge in [-0.2, -0.15) is 5.26 Å². The summed E-state index contributed by atoms with van der Waals surface area (Å²) in [6, 6.07) is 2.04. The van der Waals surface area contributed by atoms with E-state index in [0.29, 0.717) is 6.42 Å². The second-order valence-electron chi connectivity index (χ2n) is 2.09. The smallest absolute Gasteiger partial charge is 0.0750 e. The first-order chi connectivity index (χ1) is 4.83. The molecule has 0 aromatic heterocycles. The Balaban J connectivity index is 2.62. The zero-order valence-electron chi connectivity index (χ0n) is 5.59. The molecule has 0 saturated carbocycles. The van der Waals surface area contributed by atoms with Crippen LogP contribution in [0, 0.1) is 11.3 Å². The molecule has 10 heavy (non-hydrogen) atoms. The molecule has 0 amide bonds. The van der Waals surface area contributed by atoms with Crippen molar-refractivity contribution in [3.8, 4) is 6.07 Å². The van der Waals surface area contributed by atoms with Gasteiger partial charge >= 0.3 is 0 Å². The lowest BCUT2D eigenvalue weighted by molar-refractivity contribution is 0.848. The summed E-state index contributed by atoms with van der Waals surface area (Å²) in [6.45, 7) is 0.735. The standard InChI is InChI=1S/C7H9N3/c8-3-1-7-5-6(9)2-4-10-7/h2,5,10H,1,4,9H2. The van der Waals surface area contributed by atoms with Crippen molar-refractivity contribution in [3.63, 3.8) is 0 Å². The Morgan fingerprint density at radius 2 is 2.60 bits per heavy atom. The Labute approximate surface area is 59.8 Å². The minimum Gasteiger partial charge on any atom is -0.399 e.